The number of aromatic nitrogens is 3. The summed E-state index contributed by atoms with van der Waals surface area (Å²) in [6.07, 6.45) is 0. The van der Waals surface area contributed by atoms with Crippen LogP contribution in [0, 0.1) is 0 Å². The average Bonchev–Trinajstić information content (AvgIpc) is 3.12. The summed E-state index contributed by atoms with van der Waals surface area (Å²) >= 11 is 1.37. The zero-order valence-corrected chi connectivity index (χ0v) is 17.7. The molecule has 0 saturated carbocycles. The fourth-order valence-electron chi connectivity index (χ4n) is 2.80. The number of rotatable bonds is 8. The molecular formula is C21H24N4O3S. The minimum Gasteiger partial charge on any atom is -0.497 e. The first kappa shape index (κ1) is 20.7. The van der Waals surface area contributed by atoms with Crippen molar-refractivity contribution in [2.24, 2.45) is 7.05 Å². The number of nitrogens with zero attached hydrogens (tertiary/aromatic N) is 3. The van der Waals surface area contributed by atoms with Gasteiger partial charge in [0.2, 0.25) is 5.91 Å². The summed E-state index contributed by atoms with van der Waals surface area (Å²) in [5.74, 6) is 2.20. The van der Waals surface area contributed by atoms with E-state index in [0.29, 0.717) is 11.7 Å². The zero-order chi connectivity index (χ0) is 20.8. The maximum Gasteiger partial charge on any atom is 0.233 e. The Balaban J connectivity index is 1.63. The third-order valence-electron chi connectivity index (χ3n) is 4.48. The van der Waals surface area contributed by atoms with Crippen molar-refractivity contribution in [3.8, 4) is 22.9 Å². The van der Waals surface area contributed by atoms with E-state index in [1.165, 1.54) is 11.8 Å². The maximum atomic E-state index is 12.5. The number of carbonyl (C=O) groups excluding carboxylic acids is 1. The Labute approximate surface area is 174 Å². The Bertz CT molecular complexity index is 972. The van der Waals surface area contributed by atoms with Crippen molar-refractivity contribution in [3.05, 3.63) is 54.1 Å². The highest BCUT2D eigenvalue weighted by atomic mass is 32.2. The van der Waals surface area contributed by atoms with E-state index in [1.54, 1.807) is 14.2 Å². The molecular weight excluding hydrogens is 388 g/mol. The minimum absolute atomic E-state index is 0.0742. The van der Waals surface area contributed by atoms with Gasteiger partial charge in [0.05, 0.1) is 19.5 Å². The van der Waals surface area contributed by atoms with E-state index in [0.717, 1.165) is 28.5 Å². The van der Waals surface area contributed by atoms with Crippen LogP contribution in [0.15, 0.2) is 53.7 Å². The molecule has 0 aliphatic carbocycles. The fraction of sp³-hybridized carbons (Fsp3) is 0.286. The number of para-hydroxylation sites is 1. The zero-order valence-electron chi connectivity index (χ0n) is 16.9. The van der Waals surface area contributed by atoms with Gasteiger partial charge < -0.3 is 19.4 Å². The molecule has 2 aromatic carbocycles. The van der Waals surface area contributed by atoms with Gasteiger partial charge in [-0.1, -0.05) is 30.0 Å². The SMILES string of the molecule is COc1ccc(-c2nnc(S[C@H](C)C(=O)NCc3ccccc3OC)n2C)cc1. The lowest BCUT2D eigenvalue weighted by atomic mass is 10.2. The molecule has 0 fully saturated rings. The molecule has 0 aliphatic heterocycles. The van der Waals surface area contributed by atoms with Gasteiger partial charge in [0.1, 0.15) is 11.5 Å². The van der Waals surface area contributed by atoms with Gasteiger partial charge in [0.25, 0.3) is 0 Å². The van der Waals surface area contributed by atoms with Crippen LogP contribution >= 0.6 is 11.8 Å². The Kier molecular flexibility index (Phi) is 6.77. The molecule has 1 N–H and O–H groups in total. The second kappa shape index (κ2) is 9.47. The summed E-state index contributed by atoms with van der Waals surface area (Å²) in [5, 5.41) is 11.8. The molecule has 0 unspecified atom stereocenters. The molecule has 0 radical (unpaired) electrons. The summed E-state index contributed by atoms with van der Waals surface area (Å²) in [5.41, 5.74) is 1.86. The molecule has 1 amide bonds. The number of benzene rings is 2. The molecule has 0 bridgehead atoms. The van der Waals surface area contributed by atoms with Gasteiger partial charge in [-0.2, -0.15) is 0 Å². The minimum atomic E-state index is -0.323. The van der Waals surface area contributed by atoms with Crippen LogP contribution in [0.3, 0.4) is 0 Å². The van der Waals surface area contributed by atoms with Crippen molar-refractivity contribution >= 4 is 17.7 Å². The highest BCUT2D eigenvalue weighted by Gasteiger charge is 2.19. The molecule has 152 valence electrons. The van der Waals surface area contributed by atoms with Crippen molar-refractivity contribution in [3.63, 3.8) is 0 Å². The smallest absolute Gasteiger partial charge is 0.233 e. The Morgan fingerprint density at radius 3 is 2.52 bits per heavy atom. The van der Waals surface area contributed by atoms with E-state index in [-0.39, 0.29) is 11.2 Å². The number of hydrogen-bond acceptors (Lipinski definition) is 6. The van der Waals surface area contributed by atoms with Crippen molar-refractivity contribution in [1.29, 1.82) is 0 Å². The van der Waals surface area contributed by atoms with E-state index in [2.05, 4.69) is 15.5 Å². The first-order valence-corrected chi connectivity index (χ1v) is 10.0. The predicted molar refractivity (Wildman–Crippen MR) is 113 cm³/mol. The predicted octanol–water partition coefficient (Wildman–Crippen LogP) is 3.30. The fourth-order valence-corrected chi connectivity index (χ4v) is 3.63. The van der Waals surface area contributed by atoms with Crippen molar-refractivity contribution < 1.29 is 14.3 Å². The number of carbonyl (C=O) groups is 1. The van der Waals surface area contributed by atoms with Gasteiger partial charge in [0, 0.05) is 24.7 Å². The van der Waals surface area contributed by atoms with Crippen LogP contribution in [0.25, 0.3) is 11.4 Å². The van der Waals surface area contributed by atoms with Crippen LogP contribution in [-0.4, -0.2) is 40.1 Å². The van der Waals surface area contributed by atoms with Crippen LogP contribution in [0.2, 0.25) is 0 Å². The average molecular weight is 413 g/mol. The second-order valence-corrected chi connectivity index (χ2v) is 7.69. The normalized spacial score (nSPS) is 11.7. The lowest BCUT2D eigenvalue weighted by Gasteiger charge is -2.13. The van der Waals surface area contributed by atoms with Gasteiger partial charge in [-0.15, -0.1) is 10.2 Å². The highest BCUT2D eigenvalue weighted by molar-refractivity contribution is 8.00. The van der Waals surface area contributed by atoms with E-state index >= 15 is 0 Å². The molecule has 0 aliphatic rings. The third kappa shape index (κ3) is 4.89. The van der Waals surface area contributed by atoms with Crippen LogP contribution in [0.5, 0.6) is 11.5 Å². The second-order valence-electron chi connectivity index (χ2n) is 6.38. The Hall–Kier alpha value is -3.00. The standard InChI is InChI=1S/C21H24N4O3S/c1-14(20(26)22-13-16-7-5-6-8-18(16)28-4)29-21-24-23-19(25(21)2)15-9-11-17(27-3)12-10-15/h5-12,14H,13H2,1-4H3,(H,22,26)/t14-/m1/s1. The quantitative estimate of drug-likeness (QED) is 0.572. The molecule has 1 aromatic heterocycles. The largest absolute Gasteiger partial charge is 0.497 e. The first-order chi connectivity index (χ1) is 14.0. The topological polar surface area (TPSA) is 78.3 Å². The van der Waals surface area contributed by atoms with E-state index in [9.17, 15) is 4.79 Å². The lowest BCUT2D eigenvalue weighted by molar-refractivity contribution is -0.120. The number of methoxy groups -OCH3 is 2. The molecule has 0 saturated heterocycles. The number of hydrogen-bond donors (Lipinski definition) is 1. The van der Waals surface area contributed by atoms with Gasteiger partial charge in [0.15, 0.2) is 11.0 Å². The summed E-state index contributed by atoms with van der Waals surface area (Å²) in [7, 11) is 5.14. The molecule has 1 heterocycles. The first-order valence-electron chi connectivity index (χ1n) is 9.13. The van der Waals surface area contributed by atoms with Crippen LogP contribution in [-0.2, 0) is 18.4 Å². The lowest BCUT2D eigenvalue weighted by Crippen LogP contribution is -2.30. The number of ether oxygens (including phenoxy) is 2. The Morgan fingerprint density at radius 2 is 1.83 bits per heavy atom. The summed E-state index contributed by atoms with van der Waals surface area (Å²) in [6.45, 7) is 2.26. The van der Waals surface area contributed by atoms with Crippen molar-refractivity contribution in [2.75, 3.05) is 14.2 Å². The van der Waals surface area contributed by atoms with Gasteiger partial charge in [-0.3, -0.25) is 4.79 Å². The molecule has 1 atom stereocenters. The third-order valence-corrected chi connectivity index (χ3v) is 5.61. The van der Waals surface area contributed by atoms with Gasteiger partial charge >= 0.3 is 0 Å². The number of nitrogens with one attached hydrogen (secondary N) is 1. The van der Waals surface area contributed by atoms with Crippen LogP contribution < -0.4 is 14.8 Å². The summed E-state index contributed by atoms with van der Waals surface area (Å²) < 4.78 is 12.4. The van der Waals surface area contributed by atoms with Crippen LogP contribution in [0.4, 0.5) is 0 Å². The maximum absolute atomic E-state index is 12.5. The van der Waals surface area contributed by atoms with E-state index in [1.807, 2.05) is 67.1 Å². The highest BCUT2D eigenvalue weighted by Crippen LogP contribution is 2.27. The van der Waals surface area contributed by atoms with Crippen molar-refractivity contribution in [1.82, 2.24) is 20.1 Å². The summed E-state index contributed by atoms with van der Waals surface area (Å²) in [4.78, 5) is 12.5. The van der Waals surface area contributed by atoms with E-state index < -0.39 is 0 Å². The van der Waals surface area contributed by atoms with Gasteiger partial charge in [-0.25, -0.2) is 0 Å². The van der Waals surface area contributed by atoms with E-state index in [4.69, 9.17) is 9.47 Å². The van der Waals surface area contributed by atoms with Crippen molar-refractivity contribution in [2.45, 2.75) is 23.9 Å². The summed E-state index contributed by atoms with van der Waals surface area (Å²) in [6, 6.07) is 15.2. The van der Waals surface area contributed by atoms with Gasteiger partial charge in [-0.05, 0) is 37.3 Å². The molecule has 0 spiro atoms. The molecule has 7 nitrogen and oxygen atoms in total. The van der Waals surface area contributed by atoms with Crippen LogP contribution in [0.1, 0.15) is 12.5 Å². The molecule has 8 heteroatoms. The molecule has 29 heavy (non-hydrogen) atoms. The monoisotopic (exact) mass is 412 g/mol. The Morgan fingerprint density at radius 1 is 1.10 bits per heavy atom. The number of amides is 1. The molecule has 3 aromatic rings. The number of thioether (sulfide) groups is 1. The molecule has 3 rings (SSSR count).